The van der Waals surface area contributed by atoms with E-state index >= 15 is 0 Å². The Hall–Kier alpha value is -4.06. The summed E-state index contributed by atoms with van der Waals surface area (Å²) in [5.41, 5.74) is 1.79. The third kappa shape index (κ3) is 10.9. The SMILES string of the molecule is O=C(O)CC[C@H](NC(=O)N[C@@H](CCCCN(Cc1ccccn1)Cc1ccccn1)C(=O)O)C(=O)O. The maximum absolute atomic E-state index is 12.1. The van der Waals surface area contributed by atoms with Crippen LogP contribution in [0.3, 0.4) is 0 Å². The minimum Gasteiger partial charge on any atom is -0.481 e. The molecule has 36 heavy (non-hydrogen) atoms. The molecule has 0 radical (unpaired) electrons. The summed E-state index contributed by atoms with van der Waals surface area (Å²) in [4.78, 5) is 56.5. The molecule has 0 spiro atoms. The second kappa shape index (κ2) is 15.0. The Morgan fingerprint density at radius 1 is 0.778 bits per heavy atom. The van der Waals surface area contributed by atoms with Crippen LogP contribution >= 0.6 is 0 Å². The van der Waals surface area contributed by atoms with Crippen molar-refractivity contribution < 1.29 is 34.5 Å². The molecule has 0 aromatic carbocycles. The van der Waals surface area contributed by atoms with Gasteiger partial charge in [-0.3, -0.25) is 19.7 Å². The number of aromatic nitrogens is 2. The van der Waals surface area contributed by atoms with Crippen LogP contribution in [0.25, 0.3) is 0 Å². The molecule has 2 rings (SSSR count). The summed E-state index contributed by atoms with van der Waals surface area (Å²) >= 11 is 0. The van der Waals surface area contributed by atoms with Gasteiger partial charge in [0.15, 0.2) is 0 Å². The predicted molar refractivity (Wildman–Crippen MR) is 128 cm³/mol. The first-order valence-electron chi connectivity index (χ1n) is 11.5. The molecular formula is C24H31N5O7. The van der Waals surface area contributed by atoms with E-state index in [1.54, 1.807) is 12.4 Å². The number of pyridine rings is 2. The molecule has 0 saturated heterocycles. The van der Waals surface area contributed by atoms with E-state index in [0.717, 1.165) is 11.4 Å². The van der Waals surface area contributed by atoms with Crippen molar-refractivity contribution in [1.82, 2.24) is 25.5 Å². The minimum atomic E-state index is -1.44. The highest BCUT2D eigenvalue weighted by atomic mass is 16.4. The van der Waals surface area contributed by atoms with Crippen LogP contribution in [0.1, 0.15) is 43.5 Å². The molecule has 0 aliphatic rings. The molecule has 2 atom stereocenters. The van der Waals surface area contributed by atoms with Crippen LogP contribution in [-0.2, 0) is 27.5 Å². The smallest absolute Gasteiger partial charge is 0.326 e. The third-order valence-corrected chi connectivity index (χ3v) is 5.29. The van der Waals surface area contributed by atoms with Gasteiger partial charge in [0.05, 0.1) is 11.4 Å². The first kappa shape index (κ1) is 28.2. The van der Waals surface area contributed by atoms with Crippen molar-refractivity contribution in [1.29, 1.82) is 0 Å². The van der Waals surface area contributed by atoms with E-state index in [-0.39, 0.29) is 12.8 Å². The van der Waals surface area contributed by atoms with Crippen LogP contribution in [-0.4, -0.2) is 72.8 Å². The van der Waals surface area contributed by atoms with Gasteiger partial charge >= 0.3 is 23.9 Å². The Balaban J connectivity index is 1.87. The number of amides is 2. The monoisotopic (exact) mass is 501 g/mol. The number of rotatable bonds is 16. The van der Waals surface area contributed by atoms with Crippen molar-refractivity contribution in [3.8, 4) is 0 Å². The van der Waals surface area contributed by atoms with Gasteiger partial charge in [-0.05, 0) is 56.5 Å². The van der Waals surface area contributed by atoms with E-state index in [4.69, 9.17) is 10.2 Å². The zero-order valence-corrected chi connectivity index (χ0v) is 19.7. The van der Waals surface area contributed by atoms with Crippen molar-refractivity contribution in [2.24, 2.45) is 0 Å². The summed E-state index contributed by atoms with van der Waals surface area (Å²) in [5, 5.41) is 31.7. The summed E-state index contributed by atoms with van der Waals surface area (Å²) in [7, 11) is 0. The lowest BCUT2D eigenvalue weighted by Crippen LogP contribution is -2.51. The van der Waals surface area contributed by atoms with Gasteiger partial charge in [0.1, 0.15) is 12.1 Å². The number of nitrogens with zero attached hydrogens (tertiary/aromatic N) is 3. The lowest BCUT2D eigenvalue weighted by Gasteiger charge is -2.22. The van der Waals surface area contributed by atoms with Gasteiger partial charge in [0.2, 0.25) is 0 Å². The number of hydrogen-bond acceptors (Lipinski definition) is 7. The van der Waals surface area contributed by atoms with Crippen molar-refractivity contribution >= 4 is 23.9 Å². The van der Waals surface area contributed by atoms with Crippen LogP contribution in [0.4, 0.5) is 4.79 Å². The fraction of sp³-hybridized carbons (Fsp3) is 0.417. The molecule has 2 aromatic heterocycles. The summed E-state index contributed by atoms with van der Waals surface area (Å²) in [6, 6.07) is 7.70. The van der Waals surface area contributed by atoms with Gasteiger partial charge in [-0.2, -0.15) is 0 Å². The molecule has 0 aliphatic carbocycles. The van der Waals surface area contributed by atoms with Crippen molar-refractivity contribution in [3.05, 3.63) is 60.2 Å². The van der Waals surface area contributed by atoms with E-state index in [9.17, 15) is 24.3 Å². The number of carbonyl (C=O) groups excluding carboxylic acids is 1. The average molecular weight is 502 g/mol. The number of aliphatic carboxylic acids is 3. The number of urea groups is 1. The molecule has 2 heterocycles. The molecule has 0 aliphatic heterocycles. The first-order chi connectivity index (χ1) is 17.2. The van der Waals surface area contributed by atoms with Crippen molar-refractivity contribution in [3.63, 3.8) is 0 Å². The molecule has 2 amide bonds. The van der Waals surface area contributed by atoms with Crippen molar-refractivity contribution in [2.75, 3.05) is 6.54 Å². The molecule has 0 saturated carbocycles. The molecule has 0 unspecified atom stereocenters. The van der Waals surface area contributed by atoms with Gasteiger partial charge in [0, 0.05) is 31.9 Å². The Morgan fingerprint density at radius 3 is 1.75 bits per heavy atom. The van der Waals surface area contributed by atoms with E-state index in [1.165, 1.54) is 0 Å². The fourth-order valence-electron chi connectivity index (χ4n) is 3.48. The second-order valence-corrected chi connectivity index (χ2v) is 8.18. The number of unbranched alkanes of at least 4 members (excludes halogenated alkanes) is 1. The van der Waals surface area contributed by atoms with Crippen LogP contribution < -0.4 is 10.6 Å². The zero-order chi connectivity index (χ0) is 26.3. The largest absolute Gasteiger partial charge is 0.481 e. The Kier molecular flexibility index (Phi) is 11.8. The highest BCUT2D eigenvalue weighted by molar-refractivity contribution is 5.86. The number of nitrogens with one attached hydrogen (secondary N) is 2. The number of carboxylic acids is 3. The normalized spacial score (nSPS) is 12.5. The van der Waals surface area contributed by atoms with Gasteiger partial charge in [-0.1, -0.05) is 12.1 Å². The Labute approximate surface area is 208 Å². The quantitative estimate of drug-likeness (QED) is 0.212. The predicted octanol–water partition coefficient (Wildman–Crippen LogP) is 1.72. The molecule has 0 fully saturated rings. The van der Waals surface area contributed by atoms with Gasteiger partial charge < -0.3 is 26.0 Å². The van der Waals surface area contributed by atoms with Gasteiger partial charge in [0.25, 0.3) is 0 Å². The highest BCUT2D eigenvalue weighted by Gasteiger charge is 2.24. The molecule has 2 aromatic rings. The van der Waals surface area contributed by atoms with Crippen LogP contribution in [0.15, 0.2) is 48.8 Å². The van der Waals surface area contributed by atoms with Crippen LogP contribution in [0.2, 0.25) is 0 Å². The maximum atomic E-state index is 12.1. The Bertz CT molecular complexity index is 949. The zero-order valence-electron chi connectivity index (χ0n) is 19.7. The molecular weight excluding hydrogens is 470 g/mol. The van der Waals surface area contributed by atoms with Gasteiger partial charge in [-0.25, -0.2) is 14.4 Å². The second-order valence-electron chi connectivity index (χ2n) is 8.18. The van der Waals surface area contributed by atoms with E-state index in [2.05, 4.69) is 25.5 Å². The number of hydrogen-bond donors (Lipinski definition) is 5. The first-order valence-corrected chi connectivity index (χ1v) is 11.5. The molecule has 194 valence electrons. The lowest BCUT2D eigenvalue weighted by molar-refractivity contribution is -0.140. The number of carbonyl (C=O) groups is 4. The van der Waals surface area contributed by atoms with Crippen LogP contribution in [0, 0.1) is 0 Å². The lowest BCUT2D eigenvalue weighted by atomic mass is 10.1. The van der Waals surface area contributed by atoms with Crippen molar-refractivity contribution in [2.45, 2.75) is 57.3 Å². The molecule has 12 heteroatoms. The molecule has 12 nitrogen and oxygen atoms in total. The van der Waals surface area contributed by atoms with E-state index in [1.807, 2.05) is 36.4 Å². The number of carboxylic acid groups (broad SMARTS) is 3. The third-order valence-electron chi connectivity index (χ3n) is 5.29. The van der Waals surface area contributed by atoms with E-state index < -0.39 is 42.4 Å². The molecule has 0 bridgehead atoms. The summed E-state index contributed by atoms with van der Waals surface area (Å²) in [6.45, 7) is 1.82. The summed E-state index contributed by atoms with van der Waals surface area (Å²) in [5.74, 6) is -3.85. The summed E-state index contributed by atoms with van der Waals surface area (Å²) in [6.07, 6.45) is 3.93. The minimum absolute atomic E-state index is 0.136. The standard InChI is InChI=1S/C24H31N5O7/c30-21(31)11-10-20(23(34)35)28-24(36)27-19(22(32)33)9-3-6-14-29(15-17-7-1-4-12-25-17)16-18-8-2-5-13-26-18/h1-2,4-5,7-8,12-13,19-20H,3,6,9-11,14-16H2,(H,30,31)(H,32,33)(H,34,35)(H2,27,28,36)/t19-,20-/m0/s1. The highest BCUT2D eigenvalue weighted by Crippen LogP contribution is 2.10. The average Bonchev–Trinajstić information content (AvgIpc) is 2.84. The van der Waals surface area contributed by atoms with Crippen LogP contribution in [0.5, 0.6) is 0 Å². The summed E-state index contributed by atoms with van der Waals surface area (Å²) < 4.78 is 0. The Morgan fingerprint density at radius 2 is 1.31 bits per heavy atom. The maximum Gasteiger partial charge on any atom is 0.326 e. The topological polar surface area (TPSA) is 182 Å². The van der Waals surface area contributed by atoms with E-state index in [0.29, 0.717) is 32.5 Å². The molecule has 5 N–H and O–H groups in total. The fourth-order valence-corrected chi connectivity index (χ4v) is 3.48. The van der Waals surface area contributed by atoms with Gasteiger partial charge in [-0.15, -0.1) is 0 Å².